The first kappa shape index (κ1) is 12.0. The molecule has 1 unspecified atom stereocenters. The lowest BCUT2D eigenvalue weighted by Crippen LogP contribution is -2.30. The van der Waals surface area contributed by atoms with Gasteiger partial charge in [0.2, 0.25) is 0 Å². The summed E-state index contributed by atoms with van der Waals surface area (Å²) in [6.07, 6.45) is 8.04. The summed E-state index contributed by atoms with van der Waals surface area (Å²) in [6, 6.07) is 0.360. The normalized spacial score (nSPS) is 22.5. The molecule has 1 fully saturated rings. The van der Waals surface area contributed by atoms with Crippen LogP contribution in [0.3, 0.4) is 0 Å². The molecule has 0 heterocycles. The average molecular weight is 198 g/mol. The molecule has 0 radical (unpaired) electrons. The van der Waals surface area contributed by atoms with Crippen molar-refractivity contribution in [1.82, 2.24) is 5.32 Å². The molecule has 0 bridgehead atoms. The Morgan fingerprint density at radius 1 is 1.36 bits per heavy atom. The van der Waals surface area contributed by atoms with E-state index < -0.39 is 0 Å². The van der Waals surface area contributed by atoms with Gasteiger partial charge >= 0.3 is 0 Å². The van der Waals surface area contributed by atoms with Gasteiger partial charge in [0.25, 0.3) is 0 Å². The first-order valence-electron chi connectivity index (χ1n) is 6.09. The topological polar surface area (TPSA) is 38.0 Å². The lowest BCUT2D eigenvalue weighted by molar-refractivity contribution is 0.314. The maximum atomic E-state index is 5.69. The monoisotopic (exact) mass is 198 g/mol. The van der Waals surface area contributed by atoms with E-state index in [4.69, 9.17) is 5.73 Å². The zero-order valence-electron chi connectivity index (χ0n) is 9.81. The lowest BCUT2D eigenvalue weighted by atomic mass is 9.89. The Balaban J connectivity index is 1.98. The highest BCUT2D eigenvalue weighted by molar-refractivity contribution is 4.82. The molecule has 14 heavy (non-hydrogen) atoms. The van der Waals surface area contributed by atoms with Gasteiger partial charge in [0.05, 0.1) is 0 Å². The summed E-state index contributed by atoms with van der Waals surface area (Å²) in [5.41, 5.74) is 6.29. The second-order valence-corrected chi connectivity index (χ2v) is 5.31. The molecule has 1 aliphatic carbocycles. The molecule has 2 nitrogen and oxygen atoms in total. The zero-order chi connectivity index (χ0) is 10.4. The quantitative estimate of drug-likeness (QED) is 0.643. The summed E-state index contributed by atoms with van der Waals surface area (Å²) >= 11 is 0. The van der Waals surface area contributed by atoms with Crippen LogP contribution in [0, 0.1) is 5.41 Å². The maximum absolute atomic E-state index is 5.69. The van der Waals surface area contributed by atoms with Gasteiger partial charge in [-0.05, 0) is 44.6 Å². The van der Waals surface area contributed by atoms with Crippen LogP contribution in [0.2, 0.25) is 0 Å². The van der Waals surface area contributed by atoms with Crippen molar-refractivity contribution in [3.8, 4) is 0 Å². The van der Waals surface area contributed by atoms with E-state index in [2.05, 4.69) is 19.2 Å². The minimum absolute atomic E-state index is 0.360. The second-order valence-electron chi connectivity index (χ2n) is 5.31. The van der Waals surface area contributed by atoms with Crippen LogP contribution in [0.15, 0.2) is 0 Å². The van der Waals surface area contributed by atoms with Crippen LogP contribution in [0.25, 0.3) is 0 Å². The van der Waals surface area contributed by atoms with Crippen LogP contribution in [0.4, 0.5) is 0 Å². The largest absolute Gasteiger partial charge is 0.328 e. The number of nitrogens with one attached hydrogen (secondary N) is 1. The van der Waals surface area contributed by atoms with Crippen LogP contribution < -0.4 is 11.1 Å². The molecule has 0 aromatic heterocycles. The van der Waals surface area contributed by atoms with E-state index in [1.54, 1.807) is 0 Å². The van der Waals surface area contributed by atoms with Crippen molar-refractivity contribution in [3.63, 3.8) is 0 Å². The van der Waals surface area contributed by atoms with Crippen molar-refractivity contribution in [1.29, 1.82) is 0 Å². The maximum Gasteiger partial charge on any atom is 0.00109 e. The van der Waals surface area contributed by atoms with Gasteiger partial charge in [0, 0.05) is 12.6 Å². The van der Waals surface area contributed by atoms with Gasteiger partial charge in [-0.15, -0.1) is 0 Å². The molecular formula is C12H26N2. The molecule has 1 rings (SSSR count). The molecular weight excluding hydrogens is 172 g/mol. The molecule has 0 aliphatic heterocycles. The fourth-order valence-corrected chi connectivity index (χ4v) is 2.34. The molecule has 3 N–H and O–H groups in total. The van der Waals surface area contributed by atoms with Gasteiger partial charge in [0.1, 0.15) is 0 Å². The predicted octanol–water partition coefficient (Wildman–Crippen LogP) is 2.28. The Hall–Kier alpha value is -0.0800. The molecule has 84 valence electrons. The van der Waals surface area contributed by atoms with E-state index in [1.165, 1.54) is 38.6 Å². The standard InChI is InChI=1S/C12H26N2/c1-11(13)6-5-9-14-10-12(2)7-3-4-8-12/h11,14H,3-10,13H2,1-2H3. The molecule has 0 aromatic rings. The van der Waals surface area contributed by atoms with E-state index in [0.717, 1.165) is 13.0 Å². The average Bonchev–Trinajstić information content (AvgIpc) is 2.51. The number of nitrogens with two attached hydrogens (primary N) is 1. The third kappa shape index (κ3) is 4.43. The first-order valence-corrected chi connectivity index (χ1v) is 6.09. The second kappa shape index (κ2) is 5.72. The zero-order valence-corrected chi connectivity index (χ0v) is 9.81. The highest BCUT2D eigenvalue weighted by atomic mass is 14.9. The van der Waals surface area contributed by atoms with Crippen LogP contribution in [0.5, 0.6) is 0 Å². The number of hydrogen-bond donors (Lipinski definition) is 2. The van der Waals surface area contributed by atoms with E-state index in [-0.39, 0.29) is 0 Å². The van der Waals surface area contributed by atoms with Crippen molar-refractivity contribution in [2.24, 2.45) is 11.1 Å². The molecule has 0 saturated heterocycles. The Labute approximate surface area is 88.6 Å². The molecule has 0 spiro atoms. The van der Waals surface area contributed by atoms with Gasteiger partial charge in [-0.1, -0.05) is 19.8 Å². The van der Waals surface area contributed by atoms with Crippen molar-refractivity contribution >= 4 is 0 Å². The third-order valence-corrected chi connectivity index (χ3v) is 3.38. The van der Waals surface area contributed by atoms with Crippen molar-refractivity contribution in [3.05, 3.63) is 0 Å². The van der Waals surface area contributed by atoms with E-state index in [0.29, 0.717) is 11.5 Å². The summed E-state index contributed by atoms with van der Waals surface area (Å²) < 4.78 is 0. The smallest absolute Gasteiger partial charge is 0.00109 e. The predicted molar refractivity (Wildman–Crippen MR) is 62.3 cm³/mol. The van der Waals surface area contributed by atoms with Crippen LogP contribution in [-0.2, 0) is 0 Å². The summed E-state index contributed by atoms with van der Waals surface area (Å²) in [4.78, 5) is 0. The molecule has 1 atom stereocenters. The van der Waals surface area contributed by atoms with Crippen molar-refractivity contribution in [2.45, 2.75) is 58.4 Å². The third-order valence-electron chi connectivity index (χ3n) is 3.38. The minimum atomic E-state index is 0.360. The van der Waals surface area contributed by atoms with E-state index in [1.807, 2.05) is 0 Å². The highest BCUT2D eigenvalue weighted by Crippen LogP contribution is 2.36. The first-order chi connectivity index (χ1) is 6.62. The van der Waals surface area contributed by atoms with E-state index in [9.17, 15) is 0 Å². The summed E-state index contributed by atoms with van der Waals surface area (Å²) in [7, 11) is 0. The van der Waals surface area contributed by atoms with E-state index >= 15 is 0 Å². The SMILES string of the molecule is CC(N)CCCNCC1(C)CCCC1. The van der Waals surface area contributed by atoms with Crippen LogP contribution in [-0.4, -0.2) is 19.1 Å². The van der Waals surface area contributed by atoms with Gasteiger partial charge in [-0.25, -0.2) is 0 Å². The molecule has 1 aliphatic rings. The highest BCUT2D eigenvalue weighted by Gasteiger charge is 2.27. The van der Waals surface area contributed by atoms with Crippen molar-refractivity contribution in [2.75, 3.05) is 13.1 Å². The van der Waals surface area contributed by atoms with Gasteiger partial charge in [0.15, 0.2) is 0 Å². The van der Waals surface area contributed by atoms with Gasteiger partial charge < -0.3 is 11.1 Å². The van der Waals surface area contributed by atoms with Gasteiger partial charge in [-0.3, -0.25) is 0 Å². The van der Waals surface area contributed by atoms with Crippen molar-refractivity contribution < 1.29 is 0 Å². The molecule has 0 amide bonds. The number of rotatable bonds is 6. The Morgan fingerprint density at radius 3 is 2.57 bits per heavy atom. The fourth-order valence-electron chi connectivity index (χ4n) is 2.34. The summed E-state index contributed by atoms with van der Waals surface area (Å²) in [6.45, 7) is 6.83. The lowest BCUT2D eigenvalue weighted by Gasteiger charge is -2.23. The molecule has 0 aromatic carbocycles. The number of hydrogen-bond acceptors (Lipinski definition) is 2. The fraction of sp³-hybridized carbons (Fsp3) is 1.00. The molecule has 2 heteroatoms. The van der Waals surface area contributed by atoms with Crippen LogP contribution >= 0.6 is 0 Å². The molecule has 1 saturated carbocycles. The van der Waals surface area contributed by atoms with Crippen LogP contribution in [0.1, 0.15) is 52.4 Å². The Morgan fingerprint density at radius 2 is 2.00 bits per heavy atom. The Kier molecular flexibility index (Phi) is 4.90. The summed E-state index contributed by atoms with van der Waals surface area (Å²) in [5.74, 6) is 0. The summed E-state index contributed by atoms with van der Waals surface area (Å²) in [5, 5.41) is 3.57. The van der Waals surface area contributed by atoms with Gasteiger partial charge in [-0.2, -0.15) is 0 Å². The minimum Gasteiger partial charge on any atom is -0.328 e. The Bertz CT molecular complexity index is 148.